The number of aliphatic hydroxyl groups is 1. The molecule has 0 amide bonds. The minimum absolute atomic E-state index is 0.458. The second-order valence-electron chi connectivity index (χ2n) is 3.05. The molecule has 1 unspecified atom stereocenters. The maximum absolute atomic E-state index is 9.64. The predicted molar refractivity (Wildman–Crippen MR) is 55.5 cm³/mol. The SMILES string of the molecule is CCc1c(Br)c(C(O)CC)nn1C. The Morgan fingerprint density at radius 1 is 1.54 bits per heavy atom. The highest BCUT2D eigenvalue weighted by molar-refractivity contribution is 9.10. The van der Waals surface area contributed by atoms with Crippen molar-refractivity contribution in [2.24, 2.45) is 7.05 Å². The lowest BCUT2D eigenvalue weighted by Crippen LogP contribution is -1.99. The predicted octanol–water partition coefficient (Wildman–Crippen LogP) is 2.19. The number of aryl methyl sites for hydroxylation is 1. The second kappa shape index (κ2) is 4.24. The molecule has 0 spiro atoms. The molecule has 1 aromatic rings. The fourth-order valence-corrected chi connectivity index (χ4v) is 2.23. The molecule has 74 valence electrons. The maximum atomic E-state index is 9.64. The Morgan fingerprint density at radius 2 is 2.15 bits per heavy atom. The highest BCUT2D eigenvalue weighted by atomic mass is 79.9. The van der Waals surface area contributed by atoms with Crippen LogP contribution in [0.5, 0.6) is 0 Å². The van der Waals surface area contributed by atoms with Crippen molar-refractivity contribution in [3.63, 3.8) is 0 Å². The lowest BCUT2D eigenvalue weighted by atomic mass is 10.2. The van der Waals surface area contributed by atoms with Gasteiger partial charge in [-0.15, -0.1) is 0 Å². The lowest BCUT2D eigenvalue weighted by molar-refractivity contribution is 0.167. The third kappa shape index (κ3) is 1.94. The van der Waals surface area contributed by atoms with E-state index >= 15 is 0 Å². The molecule has 13 heavy (non-hydrogen) atoms. The molecule has 1 atom stereocenters. The molecule has 0 saturated heterocycles. The van der Waals surface area contributed by atoms with Gasteiger partial charge >= 0.3 is 0 Å². The summed E-state index contributed by atoms with van der Waals surface area (Å²) in [6.45, 7) is 4.02. The number of nitrogens with zero attached hydrogens (tertiary/aromatic N) is 2. The van der Waals surface area contributed by atoms with E-state index in [9.17, 15) is 5.11 Å². The van der Waals surface area contributed by atoms with E-state index in [2.05, 4.69) is 28.0 Å². The first-order valence-corrected chi connectivity index (χ1v) is 5.30. The van der Waals surface area contributed by atoms with Crippen molar-refractivity contribution in [1.82, 2.24) is 9.78 Å². The topological polar surface area (TPSA) is 38.1 Å². The quantitative estimate of drug-likeness (QED) is 0.889. The van der Waals surface area contributed by atoms with Gasteiger partial charge in [-0.2, -0.15) is 5.10 Å². The third-order valence-corrected chi connectivity index (χ3v) is 3.03. The average molecular weight is 247 g/mol. The van der Waals surface area contributed by atoms with E-state index < -0.39 is 6.10 Å². The van der Waals surface area contributed by atoms with E-state index in [-0.39, 0.29) is 0 Å². The van der Waals surface area contributed by atoms with Crippen LogP contribution in [-0.2, 0) is 13.5 Å². The van der Waals surface area contributed by atoms with Crippen LogP contribution in [0.15, 0.2) is 4.47 Å². The molecule has 0 aromatic carbocycles. The first kappa shape index (κ1) is 10.7. The van der Waals surface area contributed by atoms with E-state index in [4.69, 9.17) is 0 Å². The lowest BCUT2D eigenvalue weighted by Gasteiger charge is -2.03. The zero-order valence-electron chi connectivity index (χ0n) is 8.21. The van der Waals surface area contributed by atoms with Crippen molar-refractivity contribution in [2.75, 3.05) is 0 Å². The minimum Gasteiger partial charge on any atom is -0.387 e. The molecule has 0 bridgehead atoms. The number of hydrogen-bond donors (Lipinski definition) is 1. The van der Waals surface area contributed by atoms with Crippen LogP contribution in [-0.4, -0.2) is 14.9 Å². The molecule has 0 aliphatic carbocycles. The summed E-state index contributed by atoms with van der Waals surface area (Å²) in [5.41, 5.74) is 1.88. The summed E-state index contributed by atoms with van der Waals surface area (Å²) in [6, 6.07) is 0. The molecular formula is C9H15BrN2O. The fraction of sp³-hybridized carbons (Fsp3) is 0.667. The van der Waals surface area contributed by atoms with Gasteiger partial charge in [-0.3, -0.25) is 4.68 Å². The molecule has 0 aliphatic rings. The largest absolute Gasteiger partial charge is 0.387 e. The highest BCUT2D eigenvalue weighted by Crippen LogP contribution is 2.27. The number of rotatable bonds is 3. The minimum atomic E-state index is -0.458. The molecule has 1 N–H and O–H groups in total. The van der Waals surface area contributed by atoms with E-state index in [0.717, 1.165) is 22.3 Å². The van der Waals surface area contributed by atoms with Gasteiger partial charge in [0.15, 0.2) is 0 Å². The monoisotopic (exact) mass is 246 g/mol. The maximum Gasteiger partial charge on any atom is 0.105 e. The van der Waals surface area contributed by atoms with Gasteiger partial charge in [0, 0.05) is 7.05 Å². The Morgan fingerprint density at radius 3 is 2.54 bits per heavy atom. The summed E-state index contributed by atoms with van der Waals surface area (Å²) in [6.07, 6.45) is 1.15. The van der Waals surface area contributed by atoms with Crippen molar-refractivity contribution in [3.8, 4) is 0 Å². The highest BCUT2D eigenvalue weighted by Gasteiger charge is 2.17. The van der Waals surface area contributed by atoms with Crippen LogP contribution in [0.4, 0.5) is 0 Å². The van der Waals surface area contributed by atoms with Gasteiger partial charge in [-0.1, -0.05) is 13.8 Å². The first-order valence-electron chi connectivity index (χ1n) is 4.51. The molecule has 0 saturated carbocycles. The molecule has 0 aliphatic heterocycles. The van der Waals surface area contributed by atoms with Gasteiger partial charge in [0.05, 0.1) is 16.3 Å². The van der Waals surface area contributed by atoms with E-state index in [1.165, 1.54) is 0 Å². The summed E-state index contributed by atoms with van der Waals surface area (Å²) in [4.78, 5) is 0. The third-order valence-electron chi connectivity index (χ3n) is 2.16. The second-order valence-corrected chi connectivity index (χ2v) is 3.84. The molecule has 1 aromatic heterocycles. The van der Waals surface area contributed by atoms with Crippen LogP contribution in [0.2, 0.25) is 0 Å². The van der Waals surface area contributed by atoms with Crippen molar-refractivity contribution < 1.29 is 5.11 Å². The number of aromatic nitrogens is 2. The summed E-state index contributed by atoms with van der Waals surface area (Å²) in [5.74, 6) is 0. The molecule has 0 radical (unpaired) electrons. The zero-order chi connectivity index (χ0) is 10.0. The van der Waals surface area contributed by atoms with E-state index in [1.54, 1.807) is 0 Å². The smallest absolute Gasteiger partial charge is 0.105 e. The van der Waals surface area contributed by atoms with Crippen molar-refractivity contribution in [2.45, 2.75) is 32.8 Å². The molecule has 0 fully saturated rings. The summed E-state index contributed by atoms with van der Waals surface area (Å²) >= 11 is 3.46. The number of hydrogen-bond acceptors (Lipinski definition) is 2. The molecule has 1 heterocycles. The zero-order valence-corrected chi connectivity index (χ0v) is 9.80. The summed E-state index contributed by atoms with van der Waals surface area (Å²) < 4.78 is 2.77. The van der Waals surface area contributed by atoms with Crippen molar-refractivity contribution in [1.29, 1.82) is 0 Å². The molecule has 1 rings (SSSR count). The van der Waals surface area contributed by atoms with Crippen LogP contribution >= 0.6 is 15.9 Å². The normalized spacial score (nSPS) is 13.3. The van der Waals surface area contributed by atoms with Crippen LogP contribution in [0.3, 0.4) is 0 Å². The molecular weight excluding hydrogens is 232 g/mol. The van der Waals surface area contributed by atoms with Gasteiger partial charge < -0.3 is 5.11 Å². The molecule has 4 heteroatoms. The van der Waals surface area contributed by atoms with Crippen LogP contribution in [0.1, 0.15) is 37.8 Å². The van der Waals surface area contributed by atoms with E-state index in [0.29, 0.717) is 6.42 Å². The molecule has 3 nitrogen and oxygen atoms in total. The fourth-order valence-electron chi connectivity index (χ4n) is 1.35. The Labute approximate surface area is 86.9 Å². The Bertz CT molecular complexity index is 296. The van der Waals surface area contributed by atoms with Gasteiger partial charge in [-0.25, -0.2) is 0 Å². The van der Waals surface area contributed by atoms with Crippen molar-refractivity contribution in [3.05, 3.63) is 15.9 Å². The van der Waals surface area contributed by atoms with Crippen LogP contribution < -0.4 is 0 Å². The van der Waals surface area contributed by atoms with Gasteiger partial charge in [0.25, 0.3) is 0 Å². The van der Waals surface area contributed by atoms with Gasteiger partial charge in [0.2, 0.25) is 0 Å². The standard InChI is InChI=1S/C9H15BrN2O/c1-4-6-8(10)9(7(13)5-2)11-12(6)3/h7,13H,4-5H2,1-3H3. The first-order chi connectivity index (χ1) is 6.11. The van der Waals surface area contributed by atoms with E-state index in [1.807, 2.05) is 18.7 Å². The Balaban J connectivity index is 3.10. The summed E-state index contributed by atoms with van der Waals surface area (Å²) in [5, 5.41) is 13.9. The van der Waals surface area contributed by atoms with Gasteiger partial charge in [-0.05, 0) is 28.8 Å². The Kier molecular flexibility index (Phi) is 3.50. The number of halogens is 1. The summed E-state index contributed by atoms with van der Waals surface area (Å²) in [7, 11) is 1.90. The Hall–Kier alpha value is -0.350. The van der Waals surface area contributed by atoms with Gasteiger partial charge in [0.1, 0.15) is 5.69 Å². The van der Waals surface area contributed by atoms with Crippen LogP contribution in [0.25, 0.3) is 0 Å². The van der Waals surface area contributed by atoms with Crippen LogP contribution in [0, 0.1) is 0 Å². The number of aliphatic hydroxyl groups excluding tert-OH is 1. The van der Waals surface area contributed by atoms with Crippen molar-refractivity contribution >= 4 is 15.9 Å². The average Bonchev–Trinajstić information content (AvgIpc) is 2.40.